The molecule has 9 nitrogen and oxygen atoms in total. The number of hydrogen-bond acceptors (Lipinski definition) is 7. The van der Waals surface area contributed by atoms with Gasteiger partial charge in [-0.15, -0.1) is 0 Å². The maximum atomic E-state index is 12.3. The zero-order valence-corrected chi connectivity index (χ0v) is 15.4. The highest BCUT2D eigenvalue weighted by Gasteiger charge is 2.21. The van der Waals surface area contributed by atoms with Crippen molar-refractivity contribution in [2.45, 2.75) is 13.5 Å². The fraction of sp³-hybridized carbons (Fsp3) is 0.389. The second-order valence-electron chi connectivity index (χ2n) is 6.12. The van der Waals surface area contributed by atoms with Crippen molar-refractivity contribution >= 4 is 17.6 Å². The van der Waals surface area contributed by atoms with Crippen LogP contribution in [0.1, 0.15) is 22.8 Å². The third-order valence-corrected chi connectivity index (χ3v) is 4.40. The number of anilines is 1. The molecule has 142 valence electrons. The predicted molar refractivity (Wildman–Crippen MR) is 98.5 cm³/mol. The lowest BCUT2D eigenvalue weighted by Gasteiger charge is -2.35. The first kappa shape index (κ1) is 18.6. The van der Waals surface area contributed by atoms with Crippen LogP contribution in [-0.2, 0) is 11.3 Å². The number of nitrogens with one attached hydrogen (secondary N) is 1. The summed E-state index contributed by atoms with van der Waals surface area (Å²) in [6.45, 7) is 4.68. The number of hydrogen-bond donors (Lipinski definition) is 1. The van der Waals surface area contributed by atoms with E-state index in [9.17, 15) is 9.59 Å². The van der Waals surface area contributed by atoms with E-state index in [0.29, 0.717) is 38.3 Å². The fourth-order valence-electron chi connectivity index (χ4n) is 2.90. The van der Waals surface area contributed by atoms with Gasteiger partial charge in [-0.2, -0.15) is 0 Å². The Labute approximate surface area is 157 Å². The Morgan fingerprint density at radius 2 is 1.85 bits per heavy atom. The van der Waals surface area contributed by atoms with E-state index >= 15 is 0 Å². The predicted octanol–water partition coefficient (Wildman–Crippen LogP) is 0.479. The fourth-order valence-corrected chi connectivity index (χ4v) is 2.90. The number of pyridine rings is 1. The number of amides is 2. The lowest BCUT2D eigenvalue weighted by atomic mass is 10.2. The van der Waals surface area contributed by atoms with Crippen molar-refractivity contribution in [3.05, 3.63) is 41.9 Å². The largest absolute Gasteiger partial charge is 0.467 e. The Bertz CT molecular complexity index is 803. The molecule has 2 amide bonds. The summed E-state index contributed by atoms with van der Waals surface area (Å²) in [6.07, 6.45) is 4.58. The number of ether oxygens (including phenoxy) is 1. The van der Waals surface area contributed by atoms with Gasteiger partial charge in [0.15, 0.2) is 0 Å². The summed E-state index contributed by atoms with van der Waals surface area (Å²) in [4.78, 5) is 40.1. The zero-order chi connectivity index (χ0) is 19.2. The Balaban J connectivity index is 1.64. The molecule has 0 atom stereocenters. The van der Waals surface area contributed by atoms with Crippen molar-refractivity contribution in [2.75, 3.05) is 38.2 Å². The molecule has 0 aromatic carbocycles. The average Bonchev–Trinajstić information content (AvgIpc) is 2.72. The first-order valence-electron chi connectivity index (χ1n) is 8.67. The van der Waals surface area contributed by atoms with E-state index in [2.05, 4.69) is 25.2 Å². The van der Waals surface area contributed by atoms with Crippen LogP contribution in [0.2, 0.25) is 0 Å². The van der Waals surface area contributed by atoms with Gasteiger partial charge in [-0.05, 0) is 6.07 Å². The van der Waals surface area contributed by atoms with Crippen molar-refractivity contribution in [2.24, 2.45) is 0 Å². The van der Waals surface area contributed by atoms with Crippen molar-refractivity contribution in [3.8, 4) is 6.01 Å². The third kappa shape index (κ3) is 4.49. The van der Waals surface area contributed by atoms with Crippen LogP contribution >= 0.6 is 0 Å². The van der Waals surface area contributed by atoms with Gasteiger partial charge in [-0.25, -0.2) is 15.0 Å². The Morgan fingerprint density at radius 1 is 1.15 bits per heavy atom. The maximum absolute atomic E-state index is 12.3. The normalized spacial score (nSPS) is 14.0. The van der Waals surface area contributed by atoms with Crippen LogP contribution in [0.25, 0.3) is 0 Å². The van der Waals surface area contributed by atoms with Gasteiger partial charge in [0.2, 0.25) is 5.91 Å². The number of carbonyl (C=O) groups is 2. The Hall–Kier alpha value is -3.23. The van der Waals surface area contributed by atoms with E-state index in [-0.39, 0.29) is 17.8 Å². The van der Waals surface area contributed by atoms with Crippen LogP contribution in [0.5, 0.6) is 6.01 Å². The van der Waals surface area contributed by atoms with Gasteiger partial charge in [0, 0.05) is 63.8 Å². The minimum atomic E-state index is -0.270. The molecular weight excluding hydrogens is 348 g/mol. The van der Waals surface area contributed by atoms with Crippen LogP contribution < -0.4 is 15.0 Å². The monoisotopic (exact) mass is 370 g/mol. The maximum Gasteiger partial charge on any atom is 0.316 e. The molecule has 1 aliphatic rings. The van der Waals surface area contributed by atoms with Gasteiger partial charge in [0.1, 0.15) is 5.82 Å². The summed E-state index contributed by atoms with van der Waals surface area (Å²) in [5.74, 6) is 0.644. The number of rotatable bonds is 5. The molecule has 1 N–H and O–H groups in total. The van der Waals surface area contributed by atoms with E-state index < -0.39 is 0 Å². The molecule has 2 aromatic rings. The molecule has 9 heteroatoms. The SMILES string of the molecule is COc1ncc(C(=O)NCc2cccnc2N2CCN(C(C)=O)CC2)cn1. The molecule has 0 unspecified atom stereocenters. The molecule has 1 aliphatic heterocycles. The topological polar surface area (TPSA) is 101 Å². The molecule has 0 radical (unpaired) electrons. The molecule has 0 aliphatic carbocycles. The first-order chi connectivity index (χ1) is 13.1. The van der Waals surface area contributed by atoms with Crippen molar-refractivity contribution in [3.63, 3.8) is 0 Å². The van der Waals surface area contributed by atoms with E-state index in [1.54, 1.807) is 13.1 Å². The summed E-state index contributed by atoms with van der Waals surface area (Å²) in [6, 6.07) is 3.99. The van der Waals surface area contributed by atoms with Crippen LogP contribution in [0.15, 0.2) is 30.7 Å². The summed E-state index contributed by atoms with van der Waals surface area (Å²) in [5.41, 5.74) is 1.27. The summed E-state index contributed by atoms with van der Waals surface area (Å²) in [7, 11) is 1.47. The molecule has 3 rings (SSSR count). The lowest BCUT2D eigenvalue weighted by Crippen LogP contribution is -2.48. The Morgan fingerprint density at radius 3 is 2.48 bits per heavy atom. The molecule has 0 saturated carbocycles. The Kier molecular flexibility index (Phi) is 5.80. The van der Waals surface area contributed by atoms with Gasteiger partial charge >= 0.3 is 6.01 Å². The smallest absolute Gasteiger partial charge is 0.316 e. The number of nitrogens with zero attached hydrogens (tertiary/aromatic N) is 5. The van der Waals surface area contributed by atoms with Gasteiger partial charge in [-0.1, -0.05) is 6.07 Å². The van der Waals surface area contributed by atoms with E-state index in [4.69, 9.17) is 4.74 Å². The quantitative estimate of drug-likeness (QED) is 0.817. The highest BCUT2D eigenvalue weighted by atomic mass is 16.5. The van der Waals surface area contributed by atoms with Crippen LogP contribution in [-0.4, -0.2) is 65.0 Å². The zero-order valence-electron chi connectivity index (χ0n) is 15.4. The summed E-state index contributed by atoms with van der Waals surface area (Å²) >= 11 is 0. The van der Waals surface area contributed by atoms with Crippen LogP contribution in [0.4, 0.5) is 5.82 Å². The molecule has 0 spiro atoms. The first-order valence-corrected chi connectivity index (χ1v) is 8.67. The molecule has 27 heavy (non-hydrogen) atoms. The van der Waals surface area contributed by atoms with Crippen molar-refractivity contribution in [1.29, 1.82) is 0 Å². The van der Waals surface area contributed by atoms with Gasteiger partial charge in [-0.3, -0.25) is 9.59 Å². The lowest BCUT2D eigenvalue weighted by molar-refractivity contribution is -0.129. The number of carbonyl (C=O) groups excluding carboxylic acids is 2. The molecular formula is C18H22N6O3. The minimum Gasteiger partial charge on any atom is -0.467 e. The van der Waals surface area contributed by atoms with Crippen molar-refractivity contribution in [1.82, 2.24) is 25.2 Å². The highest BCUT2D eigenvalue weighted by Crippen LogP contribution is 2.19. The number of aromatic nitrogens is 3. The van der Waals surface area contributed by atoms with Gasteiger partial charge in [0.25, 0.3) is 5.91 Å². The molecule has 3 heterocycles. The van der Waals surface area contributed by atoms with Crippen LogP contribution in [0.3, 0.4) is 0 Å². The van der Waals surface area contributed by atoms with E-state index in [1.165, 1.54) is 19.5 Å². The second kappa shape index (κ2) is 8.43. The highest BCUT2D eigenvalue weighted by molar-refractivity contribution is 5.93. The molecule has 1 fully saturated rings. The van der Waals surface area contributed by atoms with Gasteiger partial charge in [0.05, 0.1) is 12.7 Å². The van der Waals surface area contributed by atoms with Crippen molar-refractivity contribution < 1.29 is 14.3 Å². The van der Waals surface area contributed by atoms with E-state index in [1.807, 2.05) is 17.0 Å². The number of piperazine rings is 1. The summed E-state index contributed by atoms with van der Waals surface area (Å²) in [5, 5.41) is 2.87. The van der Waals surface area contributed by atoms with Gasteiger partial charge < -0.3 is 19.9 Å². The third-order valence-electron chi connectivity index (χ3n) is 4.40. The second-order valence-corrected chi connectivity index (χ2v) is 6.12. The molecule has 1 saturated heterocycles. The standard InChI is InChI=1S/C18H22N6O3/c1-13(25)23-6-8-24(9-7-23)16-14(4-3-5-19-16)10-20-17(26)15-11-21-18(27-2)22-12-15/h3-5,11-12H,6-10H2,1-2H3,(H,20,26). The average molecular weight is 370 g/mol. The molecule has 2 aromatic heterocycles. The van der Waals surface area contributed by atoms with Crippen LogP contribution in [0, 0.1) is 0 Å². The molecule has 0 bridgehead atoms. The number of methoxy groups -OCH3 is 1. The van der Waals surface area contributed by atoms with E-state index in [0.717, 1.165) is 11.4 Å². The minimum absolute atomic E-state index is 0.0878. The summed E-state index contributed by atoms with van der Waals surface area (Å²) < 4.78 is 4.89.